The summed E-state index contributed by atoms with van der Waals surface area (Å²) < 4.78 is 12.6. The fourth-order valence-electron chi connectivity index (χ4n) is 3.04. The van der Waals surface area contributed by atoms with Gasteiger partial charge in [-0.25, -0.2) is 9.97 Å². The number of aromatic amines is 1. The van der Waals surface area contributed by atoms with Crippen molar-refractivity contribution < 1.29 is 14.3 Å². The average molecular weight is 336 g/mol. The molecule has 0 spiro atoms. The van der Waals surface area contributed by atoms with Gasteiger partial charge in [0.05, 0.1) is 25.4 Å². The van der Waals surface area contributed by atoms with Crippen molar-refractivity contribution in [2.75, 3.05) is 14.2 Å². The number of pyridine rings is 2. The highest BCUT2D eigenvalue weighted by atomic mass is 16.5. The summed E-state index contributed by atoms with van der Waals surface area (Å²) in [6.45, 7) is 0. The van der Waals surface area contributed by atoms with E-state index in [0.717, 1.165) is 34.0 Å². The number of methoxy groups -OCH3 is 2. The second kappa shape index (κ2) is 5.62. The number of nitrogens with zero attached hydrogens (tertiary/aromatic N) is 3. The predicted octanol–water partition coefficient (Wildman–Crippen LogP) is 2.95. The van der Waals surface area contributed by atoms with Gasteiger partial charge in [-0.1, -0.05) is 0 Å². The minimum Gasteiger partial charge on any atom is -0.491 e. The van der Waals surface area contributed by atoms with Crippen LogP contribution in [0.15, 0.2) is 30.6 Å². The van der Waals surface area contributed by atoms with Crippen LogP contribution >= 0.6 is 0 Å². The van der Waals surface area contributed by atoms with Crippen LogP contribution in [0.1, 0.15) is 10.4 Å². The number of nitrogens with one attached hydrogen (secondary N) is 1. The minimum atomic E-state index is 0.422. The molecule has 7 heteroatoms. The van der Waals surface area contributed by atoms with Gasteiger partial charge >= 0.3 is 0 Å². The normalized spacial score (nSPS) is 11.2. The van der Waals surface area contributed by atoms with Crippen LogP contribution in [0.4, 0.5) is 0 Å². The van der Waals surface area contributed by atoms with E-state index in [0.29, 0.717) is 22.8 Å². The smallest absolute Gasteiger partial charge is 0.257 e. The molecule has 4 aromatic heterocycles. The SMILES string of the molecule is COc1cc2c(nc1OC)c(-c1cc3c(C=O)ccnc3[nH]1)cn2C. The number of ether oxygens (including phenoxy) is 2. The zero-order chi connectivity index (χ0) is 17.6. The maximum absolute atomic E-state index is 11.2. The molecule has 126 valence electrons. The van der Waals surface area contributed by atoms with Gasteiger partial charge < -0.3 is 19.0 Å². The summed E-state index contributed by atoms with van der Waals surface area (Å²) in [5.74, 6) is 0.995. The fourth-order valence-corrected chi connectivity index (χ4v) is 3.04. The van der Waals surface area contributed by atoms with Crippen LogP contribution in [0.5, 0.6) is 11.6 Å². The monoisotopic (exact) mass is 336 g/mol. The lowest BCUT2D eigenvalue weighted by Gasteiger charge is -2.07. The quantitative estimate of drug-likeness (QED) is 0.579. The number of aryl methyl sites for hydroxylation is 1. The Hall–Kier alpha value is -3.35. The second-order valence-corrected chi connectivity index (χ2v) is 5.68. The van der Waals surface area contributed by atoms with Crippen LogP contribution in [-0.2, 0) is 7.05 Å². The van der Waals surface area contributed by atoms with E-state index in [1.807, 2.05) is 29.9 Å². The molecule has 0 amide bonds. The molecular formula is C18H16N4O3. The summed E-state index contributed by atoms with van der Waals surface area (Å²) in [5, 5.41) is 0.782. The van der Waals surface area contributed by atoms with Gasteiger partial charge in [-0.2, -0.15) is 0 Å². The number of aldehydes is 1. The topological polar surface area (TPSA) is 82.0 Å². The van der Waals surface area contributed by atoms with Crippen LogP contribution in [0.25, 0.3) is 33.3 Å². The number of fused-ring (bicyclic) bond motifs is 2. The highest BCUT2D eigenvalue weighted by Crippen LogP contribution is 2.36. The minimum absolute atomic E-state index is 0.422. The molecule has 0 radical (unpaired) electrons. The van der Waals surface area contributed by atoms with Gasteiger partial charge in [0.15, 0.2) is 12.0 Å². The molecule has 7 nitrogen and oxygen atoms in total. The molecule has 4 heterocycles. The Morgan fingerprint density at radius 3 is 2.80 bits per heavy atom. The van der Waals surface area contributed by atoms with Crippen molar-refractivity contribution in [2.24, 2.45) is 7.05 Å². The van der Waals surface area contributed by atoms with Crippen LogP contribution in [-0.4, -0.2) is 40.0 Å². The molecule has 0 aliphatic rings. The van der Waals surface area contributed by atoms with Crippen molar-refractivity contribution in [3.05, 3.63) is 36.2 Å². The lowest BCUT2D eigenvalue weighted by molar-refractivity contribution is 0.112. The summed E-state index contributed by atoms with van der Waals surface area (Å²) in [5.41, 5.74) is 4.68. The first kappa shape index (κ1) is 15.2. The van der Waals surface area contributed by atoms with Crippen molar-refractivity contribution in [1.29, 1.82) is 0 Å². The molecule has 0 saturated heterocycles. The van der Waals surface area contributed by atoms with E-state index in [9.17, 15) is 4.79 Å². The summed E-state index contributed by atoms with van der Waals surface area (Å²) in [6, 6.07) is 5.50. The number of carbonyl (C=O) groups excluding carboxylic acids is 1. The van der Waals surface area contributed by atoms with E-state index in [1.54, 1.807) is 26.5 Å². The van der Waals surface area contributed by atoms with Crippen molar-refractivity contribution in [1.82, 2.24) is 19.5 Å². The number of rotatable bonds is 4. The number of carbonyl (C=O) groups is 1. The van der Waals surface area contributed by atoms with Gasteiger partial charge in [0.2, 0.25) is 0 Å². The Balaban J connectivity index is 1.99. The predicted molar refractivity (Wildman–Crippen MR) is 94.3 cm³/mol. The highest BCUT2D eigenvalue weighted by Gasteiger charge is 2.17. The first-order valence-corrected chi connectivity index (χ1v) is 7.67. The van der Waals surface area contributed by atoms with Crippen LogP contribution in [0, 0.1) is 0 Å². The Morgan fingerprint density at radius 2 is 2.08 bits per heavy atom. The van der Waals surface area contributed by atoms with Crippen molar-refractivity contribution in [2.45, 2.75) is 0 Å². The second-order valence-electron chi connectivity index (χ2n) is 5.68. The first-order valence-electron chi connectivity index (χ1n) is 7.67. The van der Waals surface area contributed by atoms with E-state index in [4.69, 9.17) is 9.47 Å². The lowest BCUT2D eigenvalue weighted by Crippen LogP contribution is -1.95. The van der Waals surface area contributed by atoms with Crippen molar-refractivity contribution in [3.8, 4) is 22.9 Å². The molecule has 0 aliphatic heterocycles. The van der Waals surface area contributed by atoms with E-state index in [-0.39, 0.29) is 0 Å². The maximum atomic E-state index is 11.2. The van der Waals surface area contributed by atoms with Gasteiger partial charge in [0.1, 0.15) is 11.2 Å². The van der Waals surface area contributed by atoms with Crippen LogP contribution in [0.3, 0.4) is 0 Å². The largest absolute Gasteiger partial charge is 0.491 e. The van der Waals surface area contributed by atoms with Gasteiger partial charge in [0, 0.05) is 42.0 Å². The molecule has 4 aromatic rings. The van der Waals surface area contributed by atoms with E-state index >= 15 is 0 Å². The molecule has 25 heavy (non-hydrogen) atoms. The Bertz CT molecular complexity index is 1110. The molecule has 0 fully saturated rings. The molecule has 0 aliphatic carbocycles. The van der Waals surface area contributed by atoms with Crippen LogP contribution < -0.4 is 9.47 Å². The summed E-state index contributed by atoms with van der Waals surface area (Å²) in [6.07, 6.45) is 4.42. The number of hydrogen-bond donors (Lipinski definition) is 1. The third-order valence-corrected chi connectivity index (χ3v) is 4.29. The van der Waals surface area contributed by atoms with E-state index < -0.39 is 0 Å². The van der Waals surface area contributed by atoms with Crippen LogP contribution in [0.2, 0.25) is 0 Å². The number of hydrogen-bond acceptors (Lipinski definition) is 5. The molecule has 0 unspecified atom stereocenters. The zero-order valence-electron chi connectivity index (χ0n) is 14.0. The third kappa shape index (κ3) is 2.24. The average Bonchev–Trinajstić information content (AvgIpc) is 3.21. The first-order chi connectivity index (χ1) is 12.2. The lowest BCUT2D eigenvalue weighted by atomic mass is 10.1. The maximum Gasteiger partial charge on any atom is 0.257 e. The van der Waals surface area contributed by atoms with Gasteiger partial charge in [-0.15, -0.1) is 0 Å². The molecule has 0 aromatic carbocycles. The number of H-pyrrole nitrogens is 1. The third-order valence-electron chi connectivity index (χ3n) is 4.29. The van der Waals surface area contributed by atoms with Gasteiger partial charge in [-0.3, -0.25) is 4.79 Å². The molecular weight excluding hydrogens is 320 g/mol. The number of aromatic nitrogens is 4. The van der Waals surface area contributed by atoms with Gasteiger partial charge in [0.25, 0.3) is 5.88 Å². The van der Waals surface area contributed by atoms with Crippen molar-refractivity contribution in [3.63, 3.8) is 0 Å². The fraction of sp³-hybridized carbons (Fsp3) is 0.167. The zero-order valence-corrected chi connectivity index (χ0v) is 14.0. The molecule has 0 saturated carbocycles. The van der Waals surface area contributed by atoms with Crippen molar-refractivity contribution >= 4 is 28.4 Å². The molecule has 0 bridgehead atoms. The van der Waals surface area contributed by atoms with E-state index in [2.05, 4.69) is 15.0 Å². The van der Waals surface area contributed by atoms with E-state index in [1.165, 1.54) is 0 Å². The standard InChI is InChI=1S/C18H16N4O3/c1-22-8-12(16-14(22)7-15(24-2)18(21-16)25-3)13-6-11-10(9-23)4-5-19-17(11)20-13/h4-9H,1-3H3,(H,19,20). The summed E-state index contributed by atoms with van der Waals surface area (Å²) in [4.78, 5) is 23.4. The summed E-state index contributed by atoms with van der Waals surface area (Å²) in [7, 11) is 5.08. The Kier molecular flexibility index (Phi) is 3.42. The summed E-state index contributed by atoms with van der Waals surface area (Å²) >= 11 is 0. The highest BCUT2D eigenvalue weighted by molar-refractivity contribution is 6.00. The van der Waals surface area contributed by atoms with Gasteiger partial charge in [-0.05, 0) is 12.1 Å². The molecule has 4 rings (SSSR count). The molecule has 1 N–H and O–H groups in total. The molecule has 0 atom stereocenters. The Labute approximate surface area is 143 Å². The Morgan fingerprint density at radius 1 is 1.24 bits per heavy atom.